The molecule has 1 aliphatic carbocycles. The third-order valence-corrected chi connectivity index (χ3v) is 3.68. The molecule has 19 heavy (non-hydrogen) atoms. The van der Waals surface area contributed by atoms with Gasteiger partial charge in [0.2, 0.25) is 5.95 Å². The van der Waals surface area contributed by atoms with E-state index in [2.05, 4.69) is 27.6 Å². The molecule has 0 aliphatic heterocycles. The molecule has 1 heterocycles. The fourth-order valence-electron chi connectivity index (χ4n) is 2.83. The summed E-state index contributed by atoms with van der Waals surface area (Å²) >= 11 is 0. The van der Waals surface area contributed by atoms with Gasteiger partial charge in [-0.1, -0.05) is 19.8 Å². The number of rotatable bonds is 4. The molecule has 0 spiro atoms. The van der Waals surface area contributed by atoms with Crippen molar-refractivity contribution in [2.45, 2.75) is 38.1 Å². The Labute approximate surface area is 112 Å². The van der Waals surface area contributed by atoms with E-state index < -0.39 is 0 Å². The van der Waals surface area contributed by atoms with E-state index in [1.165, 1.54) is 6.42 Å². The first-order valence-corrected chi connectivity index (χ1v) is 6.57. The van der Waals surface area contributed by atoms with Crippen LogP contribution in [0, 0.1) is 5.92 Å². The van der Waals surface area contributed by atoms with Gasteiger partial charge < -0.3 is 21.6 Å². The van der Waals surface area contributed by atoms with Gasteiger partial charge in [-0.3, -0.25) is 0 Å². The summed E-state index contributed by atoms with van der Waals surface area (Å²) in [4.78, 5) is 8.08. The van der Waals surface area contributed by atoms with Crippen molar-refractivity contribution in [3.05, 3.63) is 6.07 Å². The van der Waals surface area contributed by atoms with Crippen LogP contribution in [-0.4, -0.2) is 27.2 Å². The summed E-state index contributed by atoms with van der Waals surface area (Å²) in [6.45, 7) is 2.28. The van der Waals surface area contributed by atoms with Crippen LogP contribution in [-0.2, 0) is 0 Å². The van der Waals surface area contributed by atoms with Gasteiger partial charge in [-0.15, -0.1) is 0 Å². The first-order chi connectivity index (χ1) is 9.07. The van der Waals surface area contributed by atoms with Gasteiger partial charge in [-0.25, -0.2) is 5.84 Å². The Morgan fingerprint density at radius 1 is 1.47 bits per heavy atom. The predicted molar refractivity (Wildman–Crippen MR) is 75.3 cm³/mol. The maximum atomic E-state index is 9.74. The number of aliphatic hydroxyl groups is 1. The molecule has 0 radical (unpaired) electrons. The summed E-state index contributed by atoms with van der Waals surface area (Å²) < 4.78 is 0. The second-order valence-corrected chi connectivity index (χ2v) is 5.41. The number of aromatic nitrogens is 2. The van der Waals surface area contributed by atoms with Crippen molar-refractivity contribution in [2.24, 2.45) is 11.8 Å². The van der Waals surface area contributed by atoms with Gasteiger partial charge in [0.15, 0.2) is 0 Å². The molecule has 2 rings (SSSR count). The van der Waals surface area contributed by atoms with Gasteiger partial charge in [-0.05, 0) is 18.8 Å². The molecule has 7 N–H and O–H groups in total. The number of anilines is 3. The average molecular weight is 266 g/mol. The first-order valence-electron chi connectivity index (χ1n) is 6.57. The topological polar surface area (TPSA) is 122 Å². The van der Waals surface area contributed by atoms with Crippen molar-refractivity contribution >= 4 is 17.6 Å². The van der Waals surface area contributed by atoms with Gasteiger partial charge in [-0.2, -0.15) is 9.97 Å². The minimum atomic E-state index is -0.329. The fourth-order valence-corrected chi connectivity index (χ4v) is 2.83. The maximum absolute atomic E-state index is 9.74. The number of hydrogen-bond donors (Lipinski definition) is 5. The molecule has 0 bridgehead atoms. The maximum Gasteiger partial charge on any atom is 0.223 e. The van der Waals surface area contributed by atoms with Crippen LogP contribution in [0.1, 0.15) is 32.6 Å². The van der Waals surface area contributed by atoms with E-state index in [1.54, 1.807) is 6.07 Å². The molecule has 1 aromatic heterocycles. The van der Waals surface area contributed by atoms with Crippen LogP contribution in [0.25, 0.3) is 0 Å². The molecule has 1 fully saturated rings. The summed E-state index contributed by atoms with van der Waals surface area (Å²) in [5.41, 5.74) is 7.75. The third kappa shape index (κ3) is 3.24. The van der Waals surface area contributed by atoms with Crippen LogP contribution in [0.2, 0.25) is 0 Å². The SMILES string of the molecule is CC1CCCC(CO)(Nc2cc(NN)nc(N)n2)C1. The van der Waals surface area contributed by atoms with Crippen molar-refractivity contribution in [1.29, 1.82) is 0 Å². The van der Waals surface area contributed by atoms with Crippen molar-refractivity contribution in [2.75, 3.05) is 23.1 Å². The third-order valence-electron chi connectivity index (χ3n) is 3.68. The molecule has 0 aromatic carbocycles. The van der Waals surface area contributed by atoms with Crippen LogP contribution >= 0.6 is 0 Å². The normalized spacial score (nSPS) is 27.0. The molecule has 1 aromatic rings. The summed E-state index contributed by atoms with van der Waals surface area (Å²) in [6.07, 6.45) is 4.13. The zero-order valence-corrected chi connectivity index (χ0v) is 11.2. The van der Waals surface area contributed by atoms with Gasteiger partial charge in [0.1, 0.15) is 11.6 Å². The fraction of sp³-hybridized carbons (Fsp3) is 0.667. The molecule has 2 atom stereocenters. The molecule has 0 amide bonds. The van der Waals surface area contributed by atoms with Crippen LogP contribution in [0.5, 0.6) is 0 Å². The Hall–Kier alpha value is -1.60. The lowest BCUT2D eigenvalue weighted by Crippen LogP contribution is -2.46. The molecule has 7 nitrogen and oxygen atoms in total. The minimum absolute atomic E-state index is 0.0760. The van der Waals surface area contributed by atoms with E-state index in [1.807, 2.05) is 0 Å². The minimum Gasteiger partial charge on any atom is -0.394 e. The summed E-state index contributed by atoms with van der Waals surface area (Å²) in [7, 11) is 0. The number of nitrogen functional groups attached to an aromatic ring is 2. The van der Waals surface area contributed by atoms with Crippen LogP contribution in [0.4, 0.5) is 17.6 Å². The Kier molecular flexibility index (Phi) is 4.06. The molecule has 1 saturated carbocycles. The van der Waals surface area contributed by atoms with Crippen molar-refractivity contribution in [1.82, 2.24) is 9.97 Å². The molecule has 7 heteroatoms. The molecule has 1 aliphatic rings. The van der Waals surface area contributed by atoms with Crippen molar-refractivity contribution in [3.63, 3.8) is 0 Å². The van der Waals surface area contributed by atoms with Gasteiger partial charge in [0.05, 0.1) is 12.1 Å². The first kappa shape index (κ1) is 13.8. The van der Waals surface area contributed by atoms with Crippen molar-refractivity contribution < 1.29 is 5.11 Å². The van der Waals surface area contributed by atoms with Crippen LogP contribution in [0.15, 0.2) is 6.07 Å². The smallest absolute Gasteiger partial charge is 0.223 e. The predicted octanol–water partition coefficient (Wildman–Crippen LogP) is 0.698. The Morgan fingerprint density at radius 2 is 2.21 bits per heavy atom. The zero-order valence-electron chi connectivity index (χ0n) is 11.2. The van der Waals surface area contributed by atoms with E-state index in [0.717, 1.165) is 19.3 Å². The van der Waals surface area contributed by atoms with Gasteiger partial charge >= 0.3 is 0 Å². The average Bonchev–Trinajstić information content (AvgIpc) is 2.38. The highest BCUT2D eigenvalue weighted by Crippen LogP contribution is 2.34. The molecule has 106 valence electrons. The van der Waals surface area contributed by atoms with Crippen molar-refractivity contribution in [3.8, 4) is 0 Å². The van der Waals surface area contributed by atoms with Gasteiger partial charge in [0.25, 0.3) is 0 Å². The lowest BCUT2D eigenvalue weighted by atomic mass is 9.77. The second-order valence-electron chi connectivity index (χ2n) is 5.41. The number of aliphatic hydroxyl groups excluding tert-OH is 1. The largest absolute Gasteiger partial charge is 0.394 e. The Morgan fingerprint density at radius 3 is 2.84 bits per heavy atom. The van der Waals surface area contributed by atoms with E-state index in [0.29, 0.717) is 17.6 Å². The monoisotopic (exact) mass is 266 g/mol. The molecular weight excluding hydrogens is 244 g/mol. The lowest BCUT2D eigenvalue weighted by Gasteiger charge is -2.39. The second kappa shape index (κ2) is 5.58. The quantitative estimate of drug-likeness (QED) is 0.401. The van der Waals surface area contributed by atoms with Gasteiger partial charge in [0, 0.05) is 6.07 Å². The number of nitrogens with zero attached hydrogens (tertiary/aromatic N) is 2. The van der Waals surface area contributed by atoms with E-state index >= 15 is 0 Å². The highest BCUT2D eigenvalue weighted by Gasteiger charge is 2.34. The summed E-state index contributed by atoms with van der Waals surface area (Å²) in [5, 5.41) is 13.1. The highest BCUT2D eigenvalue weighted by atomic mass is 16.3. The van der Waals surface area contributed by atoms with Crippen LogP contribution in [0.3, 0.4) is 0 Å². The molecule has 0 saturated heterocycles. The number of hydrogen-bond acceptors (Lipinski definition) is 7. The standard InChI is InChI=1S/C12H22N6O/c1-8-3-2-4-12(6-8,7-19)17-9-5-10(18-14)16-11(13)15-9/h5,8,19H,2-4,6-7,14H2,1H3,(H4,13,15,16,17,18). The summed E-state index contributed by atoms with van der Waals surface area (Å²) in [6, 6.07) is 1.69. The van der Waals surface area contributed by atoms with E-state index in [9.17, 15) is 5.11 Å². The Balaban J connectivity index is 2.20. The summed E-state index contributed by atoms with van der Waals surface area (Å²) in [5.74, 6) is 7.10. The van der Waals surface area contributed by atoms with E-state index in [-0.39, 0.29) is 18.1 Å². The number of nitrogens with two attached hydrogens (primary N) is 2. The molecular formula is C12H22N6O. The lowest BCUT2D eigenvalue weighted by molar-refractivity contribution is 0.149. The zero-order chi connectivity index (χ0) is 13.9. The number of hydrazine groups is 1. The Bertz CT molecular complexity index is 440. The van der Waals surface area contributed by atoms with E-state index in [4.69, 9.17) is 11.6 Å². The van der Waals surface area contributed by atoms with Crippen LogP contribution < -0.4 is 22.3 Å². The number of nitrogens with one attached hydrogen (secondary N) is 2. The molecule has 2 unspecified atom stereocenters. The highest BCUT2D eigenvalue weighted by molar-refractivity contribution is 5.51.